The van der Waals surface area contributed by atoms with Gasteiger partial charge in [-0.15, -0.1) is 0 Å². The number of benzene rings is 2. The molecule has 0 unspecified atom stereocenters. The number of nitro benzene ring substituents is 1. The minimum Gasteiger partial charge on any atom is -0.382 e. The molecule has 162 valence electrons. The maximum atomic E-state index is 12.7. The first-order chi connectivity index (χ1) is 15.2. The zero-order valence-corrected chi connectivity index (χ0v) is 17.4. The molecule has 1 amide bonds. The molecule has 3 rings (SSSR count). The van der Waals surface area contributed by atoms with Crippen molar-refractivity contribution in [2.45, 2.75) is 12.5 Å². The number of aliphatic hydroxyl groups excluding tert-OH is 1. The Kier molecular flexibility index (Phi) is 6.79. The van der Waals surface area contributed by atoms with E-state index in [9.17, 15) is 24.8 Å². The fourth-order valence-electron chi connectivity index (χ4n) is 2.68. The molecular weight excluding hydrogens is 463 g/mol. The minimum absolute atomic E-state index is 0.0878. The van der Waals surface area contributed by atoms with E-state index in [1.165, 1.54) is 30.3 Å². The molecule has 0 aliphatic rings. The second kappa shape index (κ2) is 9.52. The van der Waals surface area contributed by atoms with Gasteiger partial charge in [0.25, 0.3) is 17.2 Å². The Morgan fingerprint density at radius 1 is 1.31 bits per heavy atom. The number of carbonyl (C=O) groups is 1. The molecule has 0 bridgehead atoms. The van der Waals surface area contributed by atoms with Crippen molar-refractivity contribution >= 4 is 51.5 Å². The molecule has 13 heteroatoms. The third kappa shape index (κ3) is 4.89. The van der Waals surface area contributed by atoms with Gasteiger partial charge in [0.1, 0.15) is 18.2 Å². The van der Waals surface area contributed by atoms with E-state index >= 15 is 0 Å². The molecule has 1 heterocycles. The molecule has 3 aromatic rings. The number of aromatic nitrogens is 2. The Hall–Kier alpha value is -3.85. The highest BCUT2D eigenvalue weighted by atomic mass is 35.5. The van der Waals surface area contributed by atoms with Crippen LogP contribution < -0.4 is 11.0 Å². The van der Waals surface area contributed by atoms with Crippen LogP contribution in [0.5, 0.6) is 0 Å². The molecule has 3 N–H and O–H groups in total. The van der Waals surface area contributed by atoms with Crippen LogP contribution in [0.25, 0.3) is 11.0 Å². The van der Waals surface area contributed by atoms with Crippen LogP contribution in [0.2, 0.25) is 10.0 Å². The summed E-state index contributed by atoms with van der Waals surface area (Å²) in [5, 5.41) is 34.6. The topological polar surface area (TPSA) is 174 Å². The predicted molar refractivity (Wildman–Crippen MR) is 115 cm³/mol. The van der Waals surface area contributed by atoms with Gasteiger partial charge in [0.2, 0.25) is 0 Å². The summed E-state index contributed by atoms with van der Waals surface area (Å²) in [7, 11) is 0. The van der Waals surface area contributed by atoms with Gasteiger partial charge >= 0.3 is 0 Å². The van der Waals surface area contributed by atoms with Crippen LogP contribution in [0.1, 0.15) is 23.8 Å². The van der Waals surface area contributed by atoms with Gasteiger partial charge in [0.15, 0.2) is 5.69 Å². The van der Waals surface area contributed by atoms with Crippen LogP contribution in [0.3, 0.4) is 0 Å². The average molecular weight is 475 g/mol. The molecule has 1 atom stereocenters. The van der Waals surface area contributed by atoms with Crippen LogP contribution >= 0.6 is 23.2 Å². The number of fused-ring (bicyclic) bond motifs is 1. The normalized spacial score (nSPS) is 12.2. The van der Waals surface area contributed by atoms with Gasteiger partial charge in [-0.25, -0.2) is 10.4 Å². The molecule has 0 aliphatic heterocycles. The number of amides is 1. The number of aromatic amines is 1. The summed E-state index contributed by atoms with van der Waals surface area (Å²) in [4.78, 5) is 41.3. The summed E-state index contributed by atoms with van der Waals surface area (Å²) in [6.45, 7) is 0. The van der Waals surface area contributed by atoms with Crippen molar-refractivity contribution in [2.75, 3.05) is 0 Å². The second-order valence-corrected chi connectivity index (χ2v) is 7.13. The van der Waals surface area contributed by atoms with E-state index in [2.05, 4.69) is 20.5 Å². The molecule has 32 heavy (non-hydrogen) atoms. The number of rotatable bonds is 6. The fraction of sp³-hybridized carbons (Fsp3) is 0.105. The Morgan fingerprint density at radius 2 is 2.06 bits per heavy atom. The Labute approximate surface area is 189 Å². The van der Waals surface area contributed by atoms with Gasteiger partial charge in [0.05, 0.1) is 32.1 Å². The van der Waals surface area contributed by atoms with Crippen molar-refractivity contribution < 1.29 is 14.8 Å². The monoisotopic (exact) mass is 474 g/mol. The number of hydrogen-bond acceptors (Lipinski definition) is 8. The standard InChI is InChI=1S/C19H12Cl2N6O5/c20-11-3-1-9(7-12(11)21)18(29)16(26-25-15(28)5-6-22)17-19(30)24-14-8-10(27(31)32)2-4-13(14)23-17/h1-4,7-8,18,29H,5H2,(H,24,30)(H,25,28)/b26-16+/t18-/m0/s1. The Morgan fingerprint density at radius 3 is 2.72 bits per heavy atom. The van der Waals surface area contributed by atoms with E-state index in [0.717, 1.165) is 6.07 Å². The number of hydrogen-bond donors (Lipinski definition) is 3. The molecule has 0 spiro atoms. The largest absolute Gasteiger partial charge is 0.382 e. The highest BCUT2D eigenvalue weighted by Gasteiger charge is 2.24. The van der Waals surface area contributed by atoms with Crippen LogP contribution in [0, 0.1) is 21.4 Å². The number of hydrazone groups is 1. The number of nitrogens with zero attached hydrogens (tertiary/aromatic N) is 4. The van der Waals surface area contributed by atoms with E-state index < -0.39 is 28.9 Å². The molecule has 1 aromatic heterocycles. The van der Waals surface area contributed by atoms with E-state index in [0.29, 0.717) is 0 Å². The molecule has 0 fully saturated rings. The Balaban J connectivity index is 2.14. The summed E-state index contributed by atoms with van der Waals surface area (Å²) in [6, 6.07) is 9.48. The number of halogens is 2. The molecule has 2 aromatic carbocycles. The third-order valence-corrected chi connectivity index (χ3v) is 4.93. The molecule has 0 aliphatic carbocycles. The average Bonchev–Trinajstić information content (AvgIpc) is 2.75. The van der Waals surface area contributed by atoms with E-state index in [1.807, 2.05) is 0 Å². The zero-order valence-electron chi connectivity index (χ0n) is 15.9. The van der Waals surface area contributed by atoms with Crippen molar-refractivity contribution in [1.29, 1.82) is 5.26 Å². The number of nitriles is 1. The molecule has 0 radical (unpaired) electrons. The van der Waals surface area contributed by atoms with Crippen molar-refractivity contribution in [3.05, 3.63) is 78.2 Å². The lowest BCUT2D eigenvalue weighted by molar-refractivity contribution is -0.384. The van der Waals surface area contributed by atoms with Gasteiger partial charge in [-0.05, 0) is 23.8 Å². The van der Waals surface area contributed by atoms with Crippen molar-refractivity contribution in [1.82, 2.24) is 15.4 Å². The molecular formula is C19H12Cl2N6O5. The van der Waals surface area contributed by atoms with Crippen LogP contribution in [-0.4, -0.2) is 31.6 Å². The van der Waals surface area contributed by atoms with Crippen LogP contribution in [0.4, 0.5) is 5.69 Å². The quantitative estimate of drug-likeness (QED) is 0.279. The number of aliphatic hydroxyl groups is 1. The predicted octanol–water partition coefficient (Wildman–Crippen LogP) is 2.61. The van der Waals surface area contributed by atoms with Crippen LogP contribution in [-0.2, 0) is 4.79 Å². The van der Waals surface area contributed by atoms with Gasteiger partial charge in [-0.2, -0.15) is 10.4 Å². The number of H-pyrrole nitrogens is 1. The number of nitrogens with one attached hydrogen (secondary N) is 2. The third-order valence-electron chi connectivity index (χ3n) is 4.19. The zero-order chi connectivity index (χ0) is 23.4. The first-order valence-electron chi connectivity index (χ1n) is 8.76. The lowest BCUT2D eigenvalue weighted by Gasteiger charge is -2.14. The van der Waals surface area contributed by atoms with E-state index in [-0.39, 0.29) is 43.7 Å². The van der Waals surface area contributed by atoms with Gasteiger partial charge in [-0.3, -0.25) is 19.7 Å². The SMILES string of the molecule is N#CCC(=O)N/N=C(\c1nc2ccc([N+](=O)[O-])cc2[nH]c1=O)[C@@H](O)c1ccc(Cl)c(Cl)c1. The summed E-state index contributed by atoms with van der Waals surface area (Å²) < 4.78 is 0. The summed E-state index contributed by atoms with van der Waals surface area (Å²) in [5.74, 6) is -0.779. The smallest absolute Gasteiger partial charge is 0.276 e. The number of carbonyl (C=O) groups excluding carboxylic acids is 1. The first-order valence-corrected chi connectivity index (χ1v) is 9.52. The van der Waals surface area contributed by atoms with Crippen molar-refractivity contribution in [3.8, 4) is 6.07 Å². The molecule has 0 saturated heterocycles. The van der Waals surface area contributed by atoms with Crippen LogP contribution in [0.15, 0.2) is 46.3 Å². The maximum absolute atomic E-state index is 12.7. The summed E-state index contributed by atoms with van der Waals surface area (Å²) in [6.07, 6.45) is -2.08. The van der Waals surface area contributed by atoms with E-state index in [1.54, 1.807) is 6.07 Å². The van der Waals surface area contributed by atoms with E-state index in [4.69, 9.17) is 28.5 Å². The van der Waals surface area contributed by atoms with Gasteiger partial charge < -0.3 is 10.1 Å². The van der Waals surface area contributed by atoms with Gasteiger partial charge in [-0.1, -0.05) is 29.3 Å². The highest BCUT2D eigenvalue weighted by Crippen LogP contribution is 2.27. The van der Waals surface area contributed by atoms with Crippen molar-refractivity contribution in [3.63, 3.8) is 0 Å². The second-order valence-electron chi connectivity index (χ2n) is 6.32. The summed E-state index contributed by atoms with van der Waals surface area (Å²) >= 11 is 11.9. The summed E-state index contributed by atoms with van der Waals surface area (Å²) in [5.41, 5.74) is 0.741. The Bertz CT molecular complexity index is 1360. The first kappa shape index (κ1) is 22.8. The highest BCUT2D eigenvalue weighted by molar-refractivity contribution is 6.42. The lowest BCUT2D eigenvalue weighted by atomic mass is 10.0. The van der Waals surface area contributed by atoms with Gasteiger partial charge in [0, 0.05) is 12.1 Å². The number of non-ortho nitro benzene ring substituents is 1. The fourth-order valence-corrected chi connectivity index (χ4v) is 2.99. The lowest BCUT2D eigenvalue weighted by Crippen LogP contribution is -2.29. The number of nitro groups is 1. The van der Waals surface area contributed by atoms with Crippen molar-refractivity contribution in [2.24, 2.45) is 5.10 Å². The molecule has 11 nitrogen and oxygen atoms in total. The minimum atomic E-state index is -1.57. The molecule has 0 saturated carbocycles. The maximum Gasteiger partial charge on any atom is 0.276 e.